The number of halogens is 1. The predicted octanol–water partition coefficient (Wildman–Crippen LogP) is 3.21. The number of hydrogen-bond acceptors (Lipinski definition) is 2. The first-order chi connectivity index (χ1) is 8.00. The standard InChI is InChI=1S/C13H22BrN3/c1-8(2)12(7-15-11-5-6-11)17-10(4)13(14)9(3)16-17/h8,11-12,15H,5-7H2,1-4H3. The maximum absolute atomic E-state index is 4.66. The monoisotopic (exact) mass is 299 g/mol. The quantitative estimate of drug-likeness (QED) is 0.905. The molecule has 3 nitrogen and oxygen atoms in total. The molecule has 0 radical (unpaired) electrons. The largest absolute Gasteiger partial charge is 0.312 e. The third kappa shape index (κ3) is 2.91. The van der Waals surface area contributed by atoms with E-state index in [1.807, 2.05) is 0 Å². The van der Waals surface area contributed by atoms with Gasteiger partial charge in [-0.2, -0.15) is 5.10 Å². The highest BCUT2D eigenvalue weighted by Crippen LogP contribution is 2.27. The fraction of sp³-hybridized carbons (Fsp3) is 0.769. The van der Waals surface area contributed by atoms with Crippen LogP contribution in [0, 0.1) is 19.8 Å². The van der Waals surface area contributed by atoms with E-state index in [0.29, 0.717) is 12.0 Å². The first-order valence-corrected chi connectivity index (χ1v) is 7.24. The van der Waals surface area contributed by atoms with E-state index in [-0.39, 0.29) is 0 Å². The minimum Gasteiger partial charge on any atom is -0.312 e. The summed E-state index contributed by atoms with van der Waals surface area (Å²) in [6.07, 6.45) is 2.68. The predicted molar refractivity (Wildman–Crippen MR) is 74.3 cm³/mol. The minimum absolute atomic E-state index is 0.445. The van der Waals surface area contributed by atoms with Crippen molar-refractivity contribution in [1.82, 2.24) is 15.1 Å². The lowest BCUT2D eigenvalue weighted by molar-refractivity contribution is 0.323. The Kier molecular flexibility index (Phi) is 3.93. The molecule has 4 heteroatoms. The Morgan fingerprint density at radius 1 is 1.41 bits per heavy atom. The number of nitrogens with one attached hydrogen (secondary N) is 1. The molecule has 1 aromatic heterocycles. The van der Waals surface area contributed by atoms with E-state index in [1.165, 1.54) is 18.5 Å². The van der Waals surface area contributed by atoms with E-state index in [1.54, 1.807) is 0 Å². The van der Waals surface area contributed by atoms with Crippen molar-refractivity contribution in [2.75, 3.05) is 6.54 Å². The van der Waals surface area contributed by atoms with Crippen molar-refractivity contribution in [3.63, 3.8) is 0 Å². The zero-order chi connectivity index (χ0) is 12.6. The van der Waals surface area contributed by atoms with Gasteiger partial charge in [0.05, 0.1) is 21.9 Å². The molecule has 0 bridgehead atoms. The summed E-state index contributed by atoms with van der Waals surface area (Å²) in [6, 6.07) is 1.21. The fourth-order valence-electron chi connectivity index (χ4n) is 2.15. The third-order valence-electron chi connectivity index (χ3n) is 3.51. The van der Waals surface area contributed by atoms with Crippen LogP contribution in [0.3, 0.4) is 0 Å². The molecule has 0 aliphatic heterocycles. The first kappa shape index (κ1) is 13.1. The van der Waals surface area contributed by atoms with Crippen molar-refractivity contribution in [3.8, 4) is 0 Å². The highest BCUT2D eigenvalue weighted by molar-refractivity contribution is 9.10. The molecule has 0 spiro atoms. The Hall–Kier alpha value is -0.350. The van der Waals surface area contributed by atoms with Crippen molar-refractivity contribution >= 4 is 15.9 Å². The van der Waals surface area contributed by atoms with Crippen LogP contribution in [0.15, 0.2) is 4.47 Å². The molecule has 1 unspecified atom stereocenters. The average Bonchev–Trinajstić information content (AvgIpc) is 3.05. The molecule has 2 rings (SSSR count). The molecule has 1 atom stereocenters. The van der Waals surface area contributed by atoms with E-state index >= 15 is 0 Å². The Bertz CT molecular complexity index is 394. The summed E-state index contributed by atoms with van der Waals surface area (Å²) in [5.41, 5.74) is 2.32. The number of nitrogens with zero attached hydrogens (tertiary/aromatic N) is 2. The zero-order valence-corrected chi connectivity index (χ0v) is 12.7. The lowest BCUT2D eigenvalue weighted by Gasteiger charge is -2.23. The Morgan fingerprint density at radius 3 is 2.47 bits per heavy atom. The number of aryl methyl sites for hydroxylation is 1. The summed E-state index contributed by atoms with van der Waals surface area (Å²) in [5, 5.41) is 8.28. The van der Waals surface area contributed by atoms with Crippen LogP contribution < -0.4 is 5.32 Å². The van der Waals surface area contributed by atoms with E-state index in [9.17, 15) is 0 Å². The van der Waals surface area contributed by atoms with Crippen molar-refractivity contribution < 1.29 is 0 Å². The average molecular weight is 300 g/mol. The lowest BCUT2D eigenvalue weighted by Crippen LogP contribution is -2.31. The Morgan fingerprint density at radius 2 is 2.06 bits per heavy atom. The van der Waals surface area contributed by atoms with Gasteiger partial charge < -0.3 is 5.32 Å². The third-order valence-corrected chi connectivity index (χ3v) is 4.66. The van der Waals surface area contributed by atoms with Crippen LogP contribution in [0.25, 0.3) is 0 Å². The van der Waals surface area contributed by atoms with Gasteiger partial charge in [0.2, 0.25) is 0 Å². The molecule has 1 fully saturated rings. The lowest BCUT2D eigenvalue weighted by atomic mass is 10.0. The molecule has 96 valence electrons. The van der Waals surface area contributed by atoms with Crippen molar-refractivity contribution in [2.24, 2.45) is 5.92 Å². The summed E-state index contributed by atoms with van der Waals surface area (Å²) in [5.74, 6) is 0.589. The van der Waals surface area contributed by atoms with Gasteiger partial charge in [-0.15, -0.1) is 0 Å². The van der Waals surface area contributed by atoms with Crippen LogP contribution >= 0.6 is 15.9 Å². The van der Waals surface area contributed by atoms with Crippen LogP contribution in [0.5, 0.6) is 0 Å². The maximum atomic E-state index is 4.66. The zero-order valence-electron chi connectivity index (χ0n) is 11.1. The molecule has 17 heavy (non-hydrogen) atoms. The van der Waals surface area contributed by atoms with Crippen LogP contribution in [0.4, 0.5) is 0 Å². The number of hydrogen-bond donors (Lipinski definition) is 1. The summed E-state index contributed by atoms with van der Waals surface area (Å²) in [4.78, 5) is 0. The molecule has 0 amide bonds. The smallest absolute Gasteiger partial charge is 0.0738 e. The number of aromatic nitrogens is 2. The van der Waals surface area contributed by atoms with Crippen molar-refractivity contribution in [2.45, 2.75) is 52.6 Å². The van der Waals surface area contributed by atoms with Gasteiger partial charge in [0.25, 0.3) is 0 Å². The van der Waals surface area contributed by atoms with Gasteiger partial charge in [-0.1, -0.05) is 13.8 Å². The minimum atomic E-state index is 0.445. The summed E-state index contributed by atoms with van der Waals surface area (Å²) in [7, 11) is 0. The van der Waals surface area contributed by atoms with Gasteiger partial charge >= 0.3 is 0 Å². The van der Waals surface area contributed by atoms with Gasteiger partial charge in [0, 0.05) is 12.6 Å². The molecule has 1 aliphatic carbocycles. The SMILES string of the molecule is Cc1nn(C(CNC2CC2)C(C)C)c(C)c1Br. The molecule has 0 aromatic carbocycles. The Labute approximate surface area is 112 Å². The highest BCUT2D eigenvalue weighted by Gasteiger charge is 2.25. The topological polar surface area (TPSA) is 29.9 Å². The second-order valence-corrected chi connectivity index (χ2v) is 6.22. The van der Waals surface area contributed by atoms with Gasteiger partial charge in [-0.25, -0.2) is 0 Å². The second-order valence-electron chi connectivity index (χ2n) is 5.42. The maximum Gasteiger partial charge on any atom is 0.0738 e. The molecular weight excluding hydrogens is 278 g/mol. The molecule has 1 aliphatic rings. The molecular formula is C13H22BrN3. The summed E-state index contributed by atoms with van der Waals surface area (Å²) in [6.45, 7) is 9.75. The van der Waals surface area contributed by atoms with Gasteiger partial charge in [0.15, 0.2) is 0 Å². The van der Waals surface area contributed by atoms with Crippen LogP contribution in [-0.2, 0) is 0 Å². The summed E-state index contributed by atoms with van der Waals surface area (Å²) >= 11 is 3.61. The van der Waals surface area contributed by atoms with Crippen molar-refractivity contribution in [1.29, 1.82) is 0 Å². The molecule has 1 heterocycles. The molecule has 1 aromatic rings. The highest BCUT2D eigenvalue weighted by atomic mass is 79.9. The van der Waals surface area contributed by atoms with Crippen LogP contribution in [0.2, 0.25) is 0 Å². The molecule has 1 N–H and O–H groups in total. The van der Waals surface area contributed by atoms with Gasteiger partial charge in [-0.05, 0) is 48.5 Å². The van der Waals surface area contributed by atoms with Gasteiger partial charge in [-0.3, -0.25) is 4.68 Å². The van der Waals surface area contributed by atoms with Crippen LogP contribution in [0.1, 0.15) is 44.1 Å². The number of rotatable bonds is 5. The Balaban J connectivity index is 2.15. The molecule has 1 saturated carbocycles. The summed E-state index contributed by atoms with van der Waals surface area (Å²) < 4.78 is 3.33. The van der Waals surface area contributed by atoms with E-state index in [2.05, 4.69) is 58.7 Å². The normalized spacial score (nSPS) is 17.8. The fourth-order valence-corrected chi connectivity index (χ4v) is 2.41. The molecule has 0 saturated heterocycles. The van der Waals surface area contributed by atoms with E-state index in [4.69, 9.17) is 0 Å². The second kappa shape index (κ2) is 5.11. The first-order valence-electron chi connectivity index (χ1n) is 6.45. The van der Waals surface area contributed by atoms with Crippen LogP contribution in [-0.4, -0.2) is 22.4 Å². The van der Waals surface area contributed by atoms with E-state index < -0.39 is 0 Å². The van der Waals surface area contributed by atoms with E-state index in [0.717, 1.165) is 22.8 Å². The van der Waals surface area contributed by atoms with Gasteiger partial charge in [0.1, 0.15) is 0 Å². The van der Waals surface area contributed by atoms with Crippen molar-refractivity contribution in [3.05, 3.63) is 15.9 Å².